The van der Waals surface area contributed by atoms with Crippen LogP contribution in [0.25, 0.3) is 5.57 Å². The minimum absolute atomic E-state index is 0.206. The van der Waals surface area contributed by atoms with E-state index in [1.807, 2.05) is 66.7 Å². The van der Waals surface area contributed by atoms with Crippen molar-refractivity contribution in [2.75, 3.05) is 0 Å². The van der Waals surface area contributed by atoms with Crippen LogP contribution in [-0.2, 0) is 9.59 Å². The van der Waals surface area contributed by atoms with Crippen molar-refractivity contribution in [3.05, 3.63) is 90.0 Å². The summed E-state index contributed by atoms with van der Waals surface area (Å²) in [5.41, 5.74) is 3.06. The van der Waals surface area contributed by atoms with Crippen molar-refractivity contribution in [1.82, 2.24) is 0 Å². The molecule has 2 aromatic carbocycles. The first-order valence-corrected chi connectivity index (χ1v) is 7.97. The maximum absolute atomic E-state index is 11.4. The minimum Gasteiger partial charge on any atom is -0.481 e. The van der Waals surface area contributed by atoms with Crippen molar-refractivity contribution < 1.29 is 19.8 Å². The summed E-state index contributed by atoms with van der Waals surface area (Å²) >= 11 is 0. The second-order valence-corrected chi connectivity index (χ2v) is 5.58. The number of benzene rings is 2. The van der Waals surface area contributed by atoms with Crippen molar-refractivity contribution in [2.45, 2.75) is 18.9 Å². The van der Waals surface area contributed by atoms with Gasteiger partial charge in [-0.1, -0.05) is 78.9 Å². The highest BCUT2D eigenvalue weighted by Crippen LogP contribution is 2.23. The van der Waals surface area contributed by atoms with Gasteiger partial charge < -0.3 is 10.2 Å². The van der Waals surface area contributed by atoms with Crippen LogP contribution in [0.1, 0.15) is 24.0 Å². The Morgan fingerprint density at radius 3 is 1.92 bits per heavy atom. The Morgan fingerprint density at radius 1 is 0.920 bits per heavy atom. The van der Waals surface area contributed by atoms with Gasteiger partial charge in [-0.3, -0.25) is 9.59 Å². The lowest BCUT2D eigenvalue weighted by Crippen LogP contribution is -2.14. The van der Waals surface area contributed by atoms with E-state index in [0.29, 0.717) is 0 Å². The summed E-state index contributed by atoms with van der Waals surface area (Å²) in [7, 11) is 0. The summed E-state index contributed by atoms with van der Waals surface area (Å²) in [6, 6.07) is 19.7. The summed E-state index contributed by atoms with van der Waals surface area (Å²) in [6.45, 7) is 0. The highest BCUT2D eigenvalue weighted by atomic mass is 16.4. The van der Waals surface area contributed by atoms with Crippen molar-refractivity contribution in [1.29, 1.82) is 0 Å². The first-order chi connectivity index (χ1) is 12.1. The molecular formula is C21H20O4. The number of Topliss-reactive ketones (excluding diaryl/α,β-unsaturated/α-hetero) is 1. The van der Waals surface area contributed by atoms with E-state index in [0.717, 1.165) is 16.7 Å². The van der Waals surface area contributed by atoms with Gasteiger partial charge in [-0.2, -0.15) is 0 Å². The monoisotopic (exact) mass is 336 g/mol. The molecule has 0 saturated heterocycles. The van der Waals surface area contributed by atoms with Gasteiger partial charge in [0.25, 0.3) is 0 Å². The molecule has 25 heavy (non-hydrogen) atoms. The first-order valence-electron chi connectivity index (χ1n) is 7.97. The van der Waals surface area contributed by atoms with Crippen LogP contribution >= 0.6 is 0 Å². The van der Waals surface area contributed by atoms with E-state index in [2.05, 4.69) is 0 Å². The second kappa shape index (κ2) is 9.35. The Balaban J connectivity index is 2.15. The molecule has 1 unspecified atom stereocenters. The smallest absolute Gasteiger partial charge is 0.310 e. The quantitative estimate of drug-likeness (QED) is 0.572. The third-order valence-electron chi connectivity index (χ3n) is 3.55. The van der Waals surface area contributed by atoms with Gasteiger partial charge in [0.2, 0.25) is 0 Å². The molecule has 2 aromatic rings. The number of aliphatic hydroxyl groups is 1. The van der Waals surface area contributed by atoms with Crippen LogP contribution in [0.5, 0.6) is 0 Å². The Morgan fingerprint density at radius 2 is 1.44 bits per heavy atom. The molecule has 0 heterocycles. The number of allylic oxidation sites excluding steroid dienone is 2. The Hall–Kier alpha value is -2.98. The van der Waals surface area contributed by atoms with Gasteiger partial charge in [0, 0.05) is 6.42 Å². The SMILES string of the molecule is O=C(O)CC(=O)CC(O)/C=C/C=C(c1ccccc1)c1ccccc1. The van der Waals surface area contributed by atoms with Crippen LogP contribution < -0.4 is 0 Å². The van der Waals surface area contributed by atoms with Crippen molar-refractivity contribution in [3.63, 3.8) is 0 Å². The molecule has 0 aliphatic heterocycles. The molecule has 0 fully saturated rings. The molecule has 2 rings (SSSR count). The number of hydrogen-bond donors (Lipinski definition) is 2. The number of carbonyl (C=O) groups is 2. The topological polar surface area (TPSA) is 74.6 Å². The minimum atomic E-state index is -1.18. The summed E-state index contributed by atoms with van der Waals surface area (Å²) in [5.74, 6) is -1.68. The third kappa shape index (κ3) is 6.20. The fourth-order valence-electron chi connectivity index (χ4n) is 2.42. The second-order valence-electron chi connectivity index (χ2n) is 5.58. The van der Waals surface area contributed by atoms with Gasteiger partial charge in [-0.15, -0.1) is 0 Å². The lowest BCUT2D eigenvalue weighted by molar-refractivity contribution is -0.140. The van der Waals surface area contributed by atoms with Crippen LogP contribution in [0.4, 0.5) is 0 Å². The number of aliphatic carboxylic acids is 1. The van der Waals surface area contributed by atoms with Gasteiger partial charge in [-0.25, -0.2) is 0 Å². The Bertz CT molecular complexity index is 719. The average molecular weight is 336 g/mol. The number of aliphatic hydroxyl groups excluding tert-OH is 1. The molecule has 0 amide bonds. The zero-order chi connectivity index (χ0) is 18.1. The molecule has 2 N–H and O–H groups in total. The van der Waals surface area contributed by atoms with Crippen LogP contribution in [0.2, 0.25) is 0 Å². The van der Waals surface area contributed by atoms with Gasteiger partial charge in [-0.05, 0) is 16.7 Å². The zero-order valence-electron chi connectivity index (χ0n) is 13.7. The van der Waals surface area contributed by atoms with Crippen LogP contribution in [0.15, 0.2) is 78.9 Å². The zero-order valence-corrected chi connectivity index (χ0v) is 13.7. The Labute approximate surface area is 146 Å². The number of rotatable bonds is 8. The fourth-order valence-corrected chi connectivity index (χ4v) is 2.42. The standard InChI is InChI=1S/C21H20O4/c22-18(14-19(23)15-21(24)25)12-7-13-20(16-8-3-1-4-9-16)17-10-5-2-6-11-17/h1-13,18,22H,14-15H2,(H,24,25)/b12-7+. The van der Waals surface area contributed by atoms with E-state index >= 15 is 0 Å². The summed E-state index contributed by atoms with van der Waals surface area (Å²) in [4.78, 5) is 21.9. The largest absolute Gasteiger partial charge is 0.481 e. The van der Waals surface area contributed by atoms with E-state index in [1.54, 1.807) is 6.08 Å². The molecule has 0 spiro atoms. The number of ketones is 1. The molecular weight excluding hydrogens is 316 g/mol. The molecule has 0 aromatic heterocycles. The predicted molar refractivity (Wildman–Crippen MR) is 97.0 cm³/mol. The molecule has 0 saturated carbocycles. The highest BCUT2D eigenvalue weighted by molar-refractivity contribution is 5.95. The molecule has 0 aliphatic rings. The highest BCUT2D eigenvalue weighted by Gasteiger charge is 2.11. The molecule has 1 atom stereocenters. The molecule has 128 valence electrons. The maximum Gasteiger partial charge on any atom is 0.310 e. The molecule has 0 aliphatic carbocycles. The van der Waals surface area contributed by atoms with Crippen molar-refractivity contribution in [2.24, 2.45) is 0 Å². The van der Waals surface area contributed by atoms with Gasteiger partial charge in [0.15, 0.2) is 0 Å². The molecule has 4 heteroatoms. The molecule has 4 nitrogen and oxygen atoms in total. The molecule has 0 radical (unpaired) electrons. The summed E-state index contributed by atoms with van der Waals surface area (Å²) in [6.07, 6.45) is 3.27. The summed E-state index contributed by atoms with van der Waals surface area (Å²) < 4.78 is 0. The molecule has 0 bridgehead atoms. The number of carboxylic acid groups (broad SMARTS) is 1. The third-order valence-corrected chi connectivity index (χ3v) is 3.55. The predicted octanol–water partition coefficient (Wildman–Crippen LogP) is 3.47. The number of carboxylic acids is 1. The van der Waals surface area contributed by atoms with Gasteiger partial charge >= 0.3 is 5.97 Å². The van der Waals surface area contributed by atoms with Crippen LogP contribution in [0.3, 0.4) is 0 Å². The van der Waals surface area contributed by atoms with Gasteiger partial charge in [0.1, 0.15) is 12.2 Å². The average Bonchev–Trinajstić information content (AvgIpc) is 2.59. The van der Waals surface area contributed by atoms with E-state index in [9.17, 15) is 14.7 Å². The number of carbonyl (C=O) groups excluding carboxylic acids is 1. The lowest BCUT2D eigenvalue weighted by Gasteiger charge is -2.08. The van der Waals surface area contributed by atoms with E-state index in [-0.39, 0.29) is 6.42 Å². The van der Waals surface area contributed by atoms with Crippen molar-refractivity contribution in [3.8, 4) is 0 Å². The Kier molecular flexibility index (Phi) is 6.87. The van der Waals surface area contributed by atoms with E-state index in [1.165, 1.54) is 6.08 Å². The lowest BCUT2D eigenvalue weighted by atomic mass is 9.97. The van der Waals surface area contributed by atoms with Crippen molar-refractivity contribution >= 4 is 17.3 Å². The van der Waals surface area contributed by atoms with Crippen LogP contribution in [0, 0.1) is 0 Å². The first kappa shape index (κ1) is 18.4. The maximum atomic E-state index is 11.4. The van der Waals surface area contributed by atoms with Crippen LogP contribution in [-0.4, -0.2) is 28.1 Å². The fraction of sp³-hybridized carbons (Fsp3) is 0.143. The van der Waals surface area contributed by atoms with E-state index in [4.69, 9.17) is 5.11 Å². The normalized spacial score (nSPS) is 11.9. The number of hydrogen-bond acceptors (Lipinski definition) is 3. The van der Waals surface area contributed by atoms with Gasteiger partial charge in [0.05, 0.1) is 6.10 Å². The summed E-state index contributed by atoms with van der Waals surface area (Å²) in [5, 5.41) is 18.4. The van der Waals surface area contributed by atoms with E-state index < -0.39 is 24.3 Å².